The smallest absolute Gasteiger partial charge is 0.224 e. The van der Waals surface area contributed by atoms with E-state index in [0.29, 0.717) is 13.0 Å². The van der Waals surface area contributed by atoms with Crippen molar-refractivity contribution in [2.45, 2.75) is 38.3 Å². The summed E-state index contributed by atoms with van der Waals surface area (Å²) in [4.78, 5) is 17.2. The largest absolute Gasteiger partial charge is 0.489 e. The SMILES string of the molecule is O=C(CC1COc2ccccc2N1Cc1ccccc1)N1CCCCC1. The van der Waals surface area contributed by atoms with Crippen molar-refractivity contribution in [2.24, 2.45) is 0 Å². The van der Waals surface area contributed by atoms with Gasteiger partial charge in [0.15, 0.2) is 0 Å². The number of carbonyl (C=O) groups is 1. The van der Waals surface area contributed by atoms with Crippen molar-refractivity contribution in [1.82, 2.24) is 4.90 Å². The number of ether oxygens (including phenoxy) is 1. The lowest BCUT2D eigenvalue weighted by atomic mass is 10.0. The van der Waals surface area contributed by atoms with Crippen molar-refractivity contribution in [2.75, 3.05) is 24.6 Å². The summed E-state index contributed by atoms with van der Waals surface area (Å²) >= 11 is 0. The van der Waals surface area contributed by atoms with Gasteiger partial charge in [0.2, 0.25) is 5.91 Å². The number of benzene rings is 2. The molecule has 136 valence electrons. The summed E-state index contributed by atoms with van der Waals surface area (Å²) < 4.78 is 5.98. The molecule has 2 aliphatic heterocycles. The molecule has 4 heteroatoms. The molecule has 1 fully saturated rings. The van der Waals surface area contributed by atoms with Gasteiger partial charge in [0.1, 0.15) is 12.4 Å². The summed E-state index contributed by atoms with van der Waals surface area (Å²) in [5, 5.41) is 0. The van der Waals surface area contributed by atoms with Crippen LogP contribution in [-0.4, -0.2) is 36.5 Å². The minimum atomic E-state index is 0.0690. The Labute approximate surface area is 155 Å². The van der Waals surface area contributed by atoms with Crippen LogP contribution in [0.2, 0.25) is 0 Å². The van der Waals surface area contributed by atoms with Crippen LogP contribution < -0.4 is 9.64 Å². The zero-order chi connectivity index (χ0) is 17.8. The zero-order valence-corrected chi connectivity index (χ0v) is 15.1. The van der Waals surface area contributed by atoms with Gasteiger partial charge in [-0.15, -0.1) is 0 Å². The molecule has 0 radical (unpaired) electrons. The fourth-order valence-electron chi connectivity index (χ4n) is 3.93. The fourth-order valence-corrected chi connectivity index (χ4v) is 3.93. The van der Waals surface area contributed by atoms with E-state index in [2.05, 4.69) is 35.2 Å². The molecule has 2 aromatic carbocycles. The van der Waals surface area contributed by atoms with Crippen LogP contribution in [0.15, 0.2) is 54.6 Å². The van der Waals surface area contributed by atoms with E-state index in [4.69, 9.17) is 4.74 Å². The number of hydrogen-bond donors (Lipinski definition) is 0. The average molecular weight is 350 g/mol. The van der Waals surface area contributed by atoms with Crippen molar-refractivity contribution in [1.29, 1.82) is 0 Å². The Balaban J connectivity index is 1.55. The maximum absolute atomic E-state index is 12.8. The van der Waals surface area contributed by atoms with Gasteiger partial charge in [-0.05, 0) is 37.0 Å². The quantitative estimate of drug-likeness (QED) is 0.839. The Hall–Kier alpha value is -2.49. The van der Waals surface area contributed by atoms with Crippen molar-refractivity contribution < 1.29 is 9.53 Å². The predicted molar refractivity (Wildman–Crippen MR) is 103 cm³/mol. The number of rotatable bonds is 4. The van der Waals surface area contributed by atoms with E-state index in [9.17, 15) is 4.79 Å². The van der Waals surface area contributed by atoms with Gasteiger partial charge in [-0.3, -0.25) is 4.79 Å². The predicted octanol–water partition coefficient (Wildman–Crippen LogP) is 3.86. The van der Waals surface area contributed by atoms with Gasteiger partial charge in [0.05, 0.1) is 18.2 Å². The third kappa shape index (κ3) is 3.69. The first-order valence-electron chi connectivity index (χ1n) is 9.61. The van der Waals surface area contributed by atoms with Crippen molar-refractivity contribution in [3.63, 3.8) is 0 Å². The Kier molecular flexibility index (Phi) is 5.09. The van der Waals surface area contributed by atoms with Crippen LogP contribution in [0, 0.1) is 0 Å². The highest BCUT2D eigenvalue weighted by atomic mass is 16.5. The first-order chi connectivity index (χ1) is 12.8. The molecule has 2 heterocycles. The number of nitrogens with zero attached hydrogens (tertiary/aromatic N) is 2. The van der Waals surface area contributed by atoms with E-state index in [-0.39, 0.29) is 11.9 Å². The molecule has 0 N–H and O–H groups in total. The first kappa shape index (κ1) is 17.0. The highest BCUT2D eigenvalue weighted by Gasteiger charge is 2.31. The van der Waals surface area contributed by atoms with E-state index < -0.39 is 0 Å². The lowest BCUT2D eigenvalue weighted by molar-refractivity contribution is -0.132. The van der Waals surface area contributed by atoms with E-state index in [1.165, 1.54) is 12.0 Å². The molecular weight excluding hydrogens is 324 g/mol. The number of hydrogen-bond acceptors (Lipinski definition) is 3. The highest BCUT2D eigenvalue weighted by Crippen LogP contribution is 2.35. The monoisotopic (exact) mass is 350 g/mol. The van der Waals surface area contributed by atoms with Crippen LogP contribution >= 0.6 is 0 Å². The summed E-state index contributed by atoms with van der Waals surface area (Å²) in [6, 6.07) is 18.7. The van der Waals surface area contributed by atoms with Gasteiger partial charge in [-0.2, -0.15) is 0 Å². The van der Waals surface area contributed by atoms with Gasteiger partial charge in [0, 0.05) is 19.6 Å². The second-order valence-corrected chi connectivity index (χ2v) is 7.19. The van der Waals surface area contributed by atoms with Crippen LogP contribution in [0.5, 0.6) is 5.75 Å². The maximum Gasteiger partial charge on any atom is 0.224 e. The molecular formula is C22H26N2O2. The fraction of sp³-hybridized carbons (Fsp3) is 0.409. The Morgan fingerprint density at radius 1 is 0.962 bits per heavy atom. The van der Waals surface area contributed by atoms with Gasteiger partial charge < -0.3 is 14.5 Å². The summed E-state index contributed by atoms with van der Waals surface area (Å²) in [6.45, 7) is 3.16. The molecule has 2 aromatic rings. The number of anilines is 1. The summed E-state index contributed by atoms with van der Waals surface area (Å²) in [7, 11) is 0. The molecule has 4 nitrogen and oxygen atoms in total. The molecule has 0 bridgehead atoms. The molecule has 0 saturated carbocycles. The van der Waals surface area contributed by atoms with Gasteiger partial charge >= 0.3 is 0 Å². The van der Waals surface area contributed by atoms with Crippen molar-refractivity contribution >= 4 is 11.6 Å². The summed E-state index contributed by atoms with van der Waals surface area (Å²) in [6.07, 6.45) is 4.01. The van der Waals surface area contributed by atoms with Gasteiger partial charge in [-0.1, -0.05) is 42.5 Å². The van der Waals surface area contributed by atoms with E-state index >= 15 is 0 Å². The van der Waals surface area contributed by atoms with Crippen LogP contribution in [0.3, 0.4) is 0 Å². The van der Waals surface area contributed by atoms with E-state index in [1.54, 1.807) is 0 Å². The number of carbonyl (C=O) groups excluding carboxylic acids is 1. The molecule has 26 heavy (non-hydrogen) atoms. The molecule has 1 unspecified atom stereocenters. The average Bonchev–Trinajstić information content (AvgIpc) is 2.71. The molecule has 2 aliphatic rings. The second kappa shape index (κ2) is 7.81. The molecule has 0 aromatic heterocycles. The van der Waals surface area contributed by atoms with Crippen LogP contribution in [0.4, 0.5) is 5.69 Å². The molecule has 0 aliphatic carbocycles. The number of para-hydroxylation sites is 2. The number of fused-ring (bicyclic) bond motifs is 1. The standard InChI is InChI=1S/C22H26N2O2/c25-22(23-13-7-2-8-14-23)15-19-17-26-21-12-6-5-11-20(21)24(19)16-18-9-3-1-4-10-18/h1,3-6,9-12,19H,2,7-8,13-17H2. The highest BCUT2D eigenvalue weighted by molar-refractivity contribution is 5.78. The first-order valence-corrected chi connectivity index (χ1v) is 9.61. The second-order valence-electron chi connectivity index (χ2n) is 7.19. The minimum Gasteiger partial charge on any atom is -0.489 e. The molecule has 0 spiro atoms. The van der Waals surface area contributed by atoms with Crippen LogP contribution in [-0.2, 0) is 11.3 Å². The molecule has 1 amide bonds. The van der Waals surface area contributed by atoms with Crippen molar-refractivity contribution in [3.8, 4) is 5.75 Å². The Morgan fingerprint density at radius 3 is 2.50 bits per heavy atom. The summed E-state index contributed by atoms with van der Waals surface area (Å²) in [5.74, 6) is 1.17. The number of likely N-dealkylation sites (tertiary alicyclic amines) is 1. The van der Waals surface area contributed by atoms with E-state index in [0.717, 1.165) is 43.9 Å². The minimum absolute atomic E-state index is 0.0690. The normalized spacial score (nSPS) is 19.6. The molecule has 1 atom stereocenters. The van der Waals surface area contributed by atoms with E-state index in [1.807, 2.05) is 29.2 Å². The summed E-state index contributed by atoms with van der Waals surface area (Å²) in [5.41, 5.74) is 2.33. The van der Waals surface area contributed by atoms with Crippen molar-refractivity contribution in [3.05, 3.63) is 60.2 Å². The zero-order valence-electron chi connectivity index (χ0n) is 15.1. The van der Waals surface area contributed by atoms with Gasteiger partial charge in [0.25, 0.3) is 0 Å². The Morgan fingerprint density at radius 2 is 1.69 bits per heavy atom. The topological polar surface area (TPSA) is 32.8 Å². The maximum atomic E-state index is 12.8. The molecule has 1 saturated heterocycles. The van der Waals surface area contributed by atoms with Crippen LogP contribution in [0.1, 0.15) is 31.2 Å². The van der Waals surface area contributed by atoms with Crippen LogP contribution in [0.25, 0.3) is 0 Å². The lowest BCUT2D eigenvalue weighted by Gasteiger charge is -2.39. The third-order valence-corrected chi connectivity index (χ3v) is 5.36. The lowest BCUT2D eigenvalue weighted by Crippen LogP contribution is -2.47. The Bertz CT molecular complexity index is 741. The number of piperidine rings is 1. The number of amides is 1. The van der Waals surface area contributed by atoms with Gasteiger partial charge in [-0.25, -0.2) is 0 Å². The third-order valence-electron chi connectivity index (χ3n) is 5.36. The molecule has 4 rings (SSSR count).